The van der Waals surface area contributed by atoms with Crippen LogP contribution in [0.3, 0.4) is 0 Å². The standard InChI is InChI=1S/C10H13BrO2/c11-8-5-6-13-10(8)4-3-9(12)7-1-2-7/h5-7,9,12H,1-4H2. The van der Waals surface area contributed by atoms with Gasteiger partial charge < -0.3 is 9.52 Å². The molecule has 72 valence electrons. The maximum absolute atomic E-state index is 9.62. The second-order valence-electron chi connectivity index (χ2n) is 3.64. The van der Waals surface area contributed by atoms with Gasteiger partial charge in [-0.3, -0.25) is 0 Å². The highest BCUT2D eigenvalue weighted by Crippen LogP contribution is 2.34. The average molecular weight is 245 g/mol. The van der Waals surface area contributed by atoms with Crippen molar-refractivity contribution in [3.63, 3.8) is 0 Å². The molecule has 1 heterocycles. The van der Waals surface area contributed by atoms with Gasteiger partial charge in [0.1, 0.15) is 5.76 Å². The molecule has 0 spiro atoms. The Hall–Kier alpha value is -0.280. The van der Waals surface area contributed by atoms with E-state index < -0.39 is 0 Å². The second kappa shape index (κ2) is 3.84. The van der Waals surface area contributed by atoms with Gasteiger partial charge >= 0.3 is 0 Å². The normalized spacial score (nSPS) is 18.9. The van der Waals surface area contributed by atoms with Crippen LogP contribution in [0.2, 0.25) is 0 Å². The lowest BCUT2D eigenvalue weighted by Crippen LogP contribution is -2.09. The van der Waals surface area contributed by atoms with Gasteiger partial charge in [-0.05, 0) is 47.2 Å². The summed E-state index contributed by atoms with van der Waals surface area (Å²) in [5, 5.41) is 9.62. The first-order valence-electron chi connectivity index (χ1n) is 4.67. The van der Waals surface area contributed by atoms with Crippen molar-refractivity contribution in [2.24, 2.45) is 5.92 Å². The third-order valence-electron chi connectivity index (χ3n) is 2.52. The molecule has 1 saturated carbocycles. The van der Waals surface area contributed by atoms with Crippen molar-refractivity contribution in [1.29, 1.82) is 0 Å². The van der Waals surface area contributed by atoms with Gasteiger partial charge in [0.05, 0.1) is 16.8 Å². The molecule has 0 saturated heterocycles. The fourth-order valence-corrected chi connectivity index (χ4v) is 1.90. The van der Waals surface area contributed by atoms with E-state index in [9.17, 15) is 5.11 Å². The predicted octanol–water partition coefficient (Wildman–Crippen LogP) is 2.75. The van der Waals surface area contributed by atoms with Crippen LogP contribution in [0.25, 0.3) is 0 Å². The quantitative estimate of drug-likeness (QED) is 0.884. The van der Waals surface area contributed by atoms with E-state index in [1.165, 1.54) is 12.8 Å². The molecule has 1 aromatic rings. The summed E-state index contributed by atoms with van der Waals surface area (Å²) in [7, 11) is 0. The van der Waals surface area contributed by atoms with E-state index in [1.807, 2.05) is 6.07 Å². The Labute approximate surface area is 86.1 Å². The predicted molar refractivity (Wildman–Crippen MR) is 53.5 cm³/mol. The molecule has 1 aliphatic carbocycles. The largest absolute Gasteiger partial charge is 0.468 e. The number of aliphatic hydroxyl groups excluding tert-OH is 1. The van der Waals surface area contributed by atoms with Crippen molar-refractivity contribution >= 4 is 15.9 Å². The summed E-state index contributed by atoms with van der Waals surface area (Å²) in [5.41, 5.74) is 0. The minimum atomic E-state index is -0.128. The van der Waals surface area contributed by atoms with Crippen LogP contribution in [0, 0.1) is 5.92 Å². The first-order chi connectivity index (χ1) is 6.27. The molecule has 1 aromatic heterocycles. The van der Waals surface area contributed by atoms with Crippen molar-refractivity contribution in [2.45, 2.75) is 31.8 Å². The van der Waals surface area contributed by atoms with E-state index >= 15 is 0 Å². The van der Waals surface area contributed by atoms with Gasteiger partial charge in [-0.2, -0.15) is 0 Å². The van der Waals surface area contributed by atoms with Crippen LogP contribution in [-0.2, 0) is 6.42 Å². The Kier molecular flexibility index (Phi) is 2.74. The highest BCUT2D eigenvalue weighted by atomic mass is 79.9. The zero-order valence-corrected chi connectivity index (χ0v) is 8.96. The Bertz CT molecular complexity index is 278. The second-order valence-corrected chi connectivity index (χ2v) is 4.49. The average Bonchev–Trinajstić information content (AvgIpc) is 2.88. The summed E-state index contributed by atoms with van der Waals surface area (Å²) in [6.07, 6.45) is 5.57. The molecule has 0 radical (unpaired) electrons. The molecule has 1 fully saturated rings. The monoisotopic (exact) mass is 244 g/mol. The van der Waals surface area contributed by atoms with Gasteiger partial charge in [0, 0.05) is 6.42 Å². The van der Waals surface area contributed by atoms with Crippen molar-refractivity contribution in [2.75, 3.05) is 0 Å². The molecule has 2 nitrogen and oxygen atoms in total. The van der Waals surface area contributed by atoms with Gasteiger partial charge in [0.15, 0.2) is 0 Å². The van der Waals surface area contributed by atoms with Crippen molar-refractivity contribution < 1.29 is 9.52 Å². The first kappa shape index (κ1) is 9.28. The van der Waals surface area contributed by atoms with E-state index in [4.69, 9.17) is 4.42 Å². The van der Waals surface area contributed by atoms with E-state index in [1.54, 1.807) is 6.26 Å². The highest BCUT2D eigenvalue weighted by molar-refractivity contribution is 9.10. The maximum Gasteiger partial charge on any atom is 0.118 e. The van der Waals surface area contributed by atoms with Gasteiger partial charge in [0.25, 0.3) is 0 Å². The zero-order chi connectivity index (χ0) is 9.26. The van der Waals surface area contributed by atoms with Gasteiger partial charge in [0.2, 0.25) is 0 Å². The van der Waals surface area contributed by atoms with E-state index in [0.717, 1.165) is 23.1 Å². The van der Waals surface area contributed by atoms with Crippen LogP contribution in [0.5, 0.6) is 0 Å². The lowest BCUT2D eigenvalue weighted by Gasteiger charge is -2.06. The molecule has 0 aliphatic heterocycles. The summed E-state index contributed by atoms with van der Waals surface area (Å²) in [6, 6.07) is 1.89. The zero-order valence-electron chi connectivity index (χ0n) is 7.37. The third-order valence-corrected chi connectivity index (χ3v) is 3.23. The summed E-state index contributed by atoms with van der Waals surface area (Å²) < 4.78 is 6.27. The number of furan rings is 1. The molecule has 1 unspecified atom stereocenters. The van der Waals surface area contributed by atoms with Crippen LogP contribution in [0.15, 0.2) is 21.2 Å². The topological polar surface area (TPSA) is 33.4 Å². The van der Waals surface area contributed by atoms with Crippen LogP contribution >= 0.6 is 15.9 Å². The smallest absolute Gasteiger partial charge is 0.118 e. The molecule has 1 atom stereocenters. The molecular formula is C10H13BrO2. The molecule has 1 N–H and O–H groups in total. The van der Waals surface area contributed by atoms with Crippen LogP contribution in [0.1, 0.15) is 25.0 Å². The van der Waals surface area contributed by atoms with Crippen LogP contribution in [-0.4, -0.2) is 11.2 Å². The fraction of sp³-hybridized carbons (Fsp3) is 0.600. The Morgan fingerprint density at radius 3 is 2.92 bits per heavy atom. The Balaban J connectivity index is 1.81. The molecule has 0 amide bonds. The minimum absolute atomic E-state index is 0.128. The molecule has 0 bridgehead atoms. The summed E-state index contributed by atoms with van der Waals surface area (Å²) >= 11 is 3.39. The minimum Gasteiger partial charge on any atom is -0.468 e. The number of halogens is 1. The highest BCUT2D eigenvalue weighted by Gasteiger charge is 2.29. The summed E-state index contributed by atoms with van der Waals surface area (Å²) in [5.74, 6) is 1.51. The summed E-state index contributed by atoms with van der Waals surface area (Å²) in [6.45, 7) is 0. The van der Waals surface area contributed by atoms with Crippen LogP contribution in [0.4, 0.5) is 0 Å². The van der Waals surface area contributed by atoms with Gasteiger partial charge in [-0.25, -0.2) is 0 Å². The SMILES string of the molecule is OC(CCc1occc1Br)C1CC1. The lowest BCUT2D eigenvalue weighted by atomic mass is 10.1. The number of hydrogen-bond donors (Lipinski definition) is 1. The van der Waals surface area contributed by atoms with E-state index in [0.29, 0.717) is 5.92 Å². The van der Waals surface area contributed by atoms with E-state index in [2.05, 4.69) is 15.9 Å². The molecular weight excluding hydrogens is 232 g/mol. The summed E-state index contributed by atoms with van der Waals surface area (Å²) in [4.78, 5) is 0. The Morgan fingerprint density at radius 2 is 2.38 bits per heavy atom. The molecule has 1 aliphatic rings. The first-order valence-corrected chi connectivity index (χ1v) is 5.46. The van der Waals surface area contributed by atoms with Crippen molar-refractivity contribution in [3.05, 3.63) is 22.6 Å². The van der Waals surface area contributed by atoms with Gasteiger partial charge in [-0.15, -0.1) is 0 Å². The maximum atomic E-state index is 9.62. The number of aryl methyl sites for hydroxylation is 1. The number of aliphatic hydroxyl groups is 1. The van der Waals surface area contributed by atoms with Gasteiger partial charge in [-0.1, -0.05) is 0 Å². The molecule has 0 aromatic carbocycles. The van der Waals surface area contributed by atoms with E-state index in [-0.39, 0.29) is 6.10 Å². The lowest BCUT2D eigenvalue weighted by molar-refractivity contribution is 0.140. The third kappa shape index (κ3) is 2.35. The number of rotatable bonds is 4. The van der Waals surface area contributed by atoms with Crippen molar-refractivity contribution in [1.82, 2.24) is 0 Å². The molecule has 13 heavy (non-hydrogen) atoms. The van der Waals surface area contributed by atoms with Crippen molar-refractivity contribution in [3.8, 4) is 0 Å². The Morgan fingerprint density at radius 1 is 1.62 bits per heavy atom. The van der Waals surface area contributed by atoms with Crippen LogP contribution < -0.4 is 0 Å². The molecule has 2 rings (SSSR count). The number of hydrogen-bond acceptors (Lipinski definition) is 2. The fourth-order valence-electron chi connectivity index (χ4n) is 1.50. The molecule has 3 heteroatoms.